The molecule has 3 heteroatoms. The van der Waals surface area contributed by atoms with Crippen molar-refractivity contribution in [3.8, 4) is 0 Å². The smallest absolute Gasteiger partial charge is 0.238 e. The minimum absolute atomic E-state index is 0.103. The van der Waals surface area contributed by atoms with Crippen LogP contribution in [0.15, 0.2) is 30.3 Å². The van der Waals surface area contributed by atoms with Crippen molar-refractivity contribution in [3.05, 3.63) is 35.9 Å². The number of unbranched alkanes of at least 4 members (excludes halogenated alkanes) is 2. The van der Waals surface area contributed by atoms with Gasteiger partial charge in [0.2, 0.25) is 5.91 Å². The third kappa shape index (κ3) is 3.80. The predicted molar refractivity (Wildman–Crippen MR) is 77.8 cm³/mol. The zero-order chi connectivity index (χ0) is 13.7. The van der Waals surface area contributed by atoms with Gasteiger partial charge in [-0.3, -0.25) is 10.1 Å². The first-order valence-electron chi connectivity index (χ1n) is 7.26. The lowest BCUT2D eigenvalue weighted by Gasteiger charge is -2.25. The van der Waals surface area contributed by atoms with E-state index in [1.165, 1.54) is 18.4 Å². The van der Waals surface area contributed by atoms with Gasteiger partial charge in [-0.15, -0.1) is 0 Å². The highest BCUT2D eigenvalue weighted by atomic mass is 16.2. The van der Waals surface area contributed by atoms with E-state index in [1.54, 1.807) is 0 Å². The first-order chi connectivity index (χ1) is 9.13. The maximum Gasteiger partial charge on any atom is 0.238 e. The Kier molecular flexibility index (Phi) is 4.59. The summed E-state index contributed by atoms with van der Waals surface area (Å²) in [6.07, 6.45) is 5.33. The van der Waals surface area contributed by atoms with Crippen molar-refractivity contribution < 1.29 is 4.79 Å². The van der Waals surface area contributed by atoms with Crippen molar-refractivity contribution in [1.29, 1.82) is 0 Å². The Morgan fingerprint density at radius 3 is 2.63 bits per heavy atom. The summed E-state index contributed by atoms with van der Waals surface area (Å²) >= 11 is 0. The fourth-order valence-corrected chi connectivity index (χ4v) is 2.70. The summed E-state index contributed by atoms with van der Waals surface area (Å²) in [5, 5.41) is 6.57. The minimum Gasteiger partial charge on any atom is -0.337 e. The average molecular weight is 260 g/mol. The van der Waals surface area contributed by atoms with Gasteiger partial charge in [0.15, 0.2) is 0 Å². The third-order valence-corrected chi connectivity index (χ3v) is 3.77. The van der Waals surface area contributed by atoms with Crippen molar-refractivity contribution in [2.75, 3.05) is 0 Å². The van der Waals surface area contributed by atoms with Gasteiger partial charge in [-0.05, 0) is 31.7 Å². The predicted octanol–water partition coefficient (Wildman–Crippen LogP) is 2.61. The third-order valence-electron chi connectivity index (χ3n) is 3.77. The molecular formula is C16H24N2O. The lowest BCUT2D eigenvalue weighted by molar-refractivity contribution is -0.120. The summed E-state index contributed by atoms with van der Waals surface area (Å²) in [6.45, 7) is 4.28. The first-order valence-corrected chi connectivity index (χ1v) is 7.26. The van der Waals surface area contributed by atoms with Crippen molar-refractivity contribution in [2.45, 2.75) is 57.7 Å². The van der Waals surface area contributed by atoms with Crippen LogP contribution in [-0.2, 0) is 11.2 Å². The molecule has 1 saturated heterocycles. The molecule has 0 aliphatic carbocycles. The van der Waals surface area contributed by atoms with E-state index < -0.39 is 0 Å². The monoisotopic (exact) mass is 260 g/mol. The molecule has 1 unspecified atom stereocenters. The van der Waals surface area contributed by atoms with Crippen LogP contribution in [0.4, 0.5) is 0 Å². The second-order valence-corrected chi connectivity index (χ2v) is 5.67. The SMILES string of the molecule is CCCCCC1(C)NC(=O)[C@H](Cc2ccccc2)N1. The molecule has 3 nitrogen and oxygen atoms in total. The molecule has 1 aromatic carbocycles. The second kappa shape index (κ2) is 6.20. The molecule has 1 heterocycles. The van der Waals surface area contributed by atoms with Crippen LogP contribution in [0.2, 0.25) is 0 Å². The summed E-state index contributed by atoms with van der Waals surface area (Å²) in [4.78, 5) is 12.1. The van der Waals surface area contributed by atoms with Gasteiger partial charge < -0.3 is 5.32 Å². The maximum absolute atomic E-state index is 12.1. The number of rotatable bonds is 6. The Hall–Kier alpha value is -1.35. The van der Waals surface area contributed by atoms with Crippen LogP contribution < -0.4 is 10.6 Å². The van der Waals surface area contributed by atoms with Gasteiger partial charge >= 0.3 is 0 Å². The number of hydrogen-bond donors (Lipinski definition) is 2. The van der Waals surface area contributed by atoms with Gasteiger partial charge in [0.05, 0.1) is 11.7 Å². The molecule has 1 aromatic rings. The van der Waals surface area contributed by atoms with Gasteiger partial charge in [0.25, 0.3) is 0 Å². The summed E-state index contributed by atoms with van der Waals surface area (Å²) in [6, 6.07) is 10.1. The lowest BCUT2D eigenvalue weighted by atomic mass is 10.0. The number of benzene rings is 1. The Morgan fingerprint density at radius 1 is 1.21 bits per heavy atom. The number of nitrogens with one attached hydrogen (secondary N) is 2. The molecule has 2 rings (SSSR count). The van der Waals surface area contributed by atoms with Crippen LogP contribution in [-0.4, -0.2) is 17.6 Å². The van der Waals surface area contributed by atoms with Crippen LogP contribution in [0, 0.1) is 0 Å². The van der Waals surface area contributed by atoms with Crippen molar-refractivity contribution in [2.24, 2.45) is 0 Å². The topological polar surface area (TPSA) is 41.1 Å². The molecule has 0 bridgehead atoms. The van der Waals surface area contributed by atoms with E-state index in [2.05, 4.69) is 36.6 Å². The molecule has 2 atom stereocenters. The van der Waals surface area contributed by atoms with Gasteiger partial charge in [-0.2, -0.15) is 0 Å². The van der Waals surface area contributed by atoms with Crippen molar-refractivity contribution in [3.63, 3.8) is 0 Å². The van der Waals surface area contributed by atoms with E-state index in [-0.39, 0.29) is 17.6 Å². The Morgan fingerprint density at radius 2 is 1.95 bits per heavy atom. The van der Waals surface area contributed by atoms with Crippen LogP contribution in [0.3, 0.4) is 0 Å². The van der Waals surface area contributed by atoms with Crippen LogP contribution in [0.25, 0.3) is 0 Å². The molecule has 19 heavy (non-hydrogen) atoms. The van der Waals surface area contributed by atoms with E-state index in [4.69, 9.17) is 0 Å². The van der Waals surface area contributed by atoms with Gasteiger partial charge in [0.1, 0.15) is 0 Å². The minimum atomic E-state index is -0.230. The molecule has 0 saturated carbocycles. The van der Waals surface area contributed by atoms with Gasteiger partial charge in [-0.25, -0.2) is 0 Å². The molecule has 1 fully saturated rings. The maximum atomic E-state index is 12.1. The molecule has 0 aromatic heterocycles. The van der Waals surface area contributed by atoms with E-state index in [9.17, 15) is 4.79 Å². The van der Waals surface area contributed by atoms with Crippen LogP contribution in [0.5, 0.6) is 0 Å². The first kappa shape index (κ1) is 14.1. The largest absolute Gasteiger partial charge is 0.337 e. The highest BCUT2D eigenvalue weighted by Gasteiger charge is 2.39. The standard InChI is InChI=1S/C16H24N2O/c1-3-4-8-11-16(2)17-14(15(19)18-16)12-13-9-6-5-7-10-13/h5-7,9-10,14,17H,3-4,8,11-12H2,1-2H3,(H,18,19)/t14-,16?/m0/s1. The Balaban J connectivity index is 1.92. The normalized spacial score (nSPS) is 26.4. The quantitative estimate of drug-likeness (QED) is 0.772. The highest BCUT2D eigenvalue weighted by molar-refractivity contribution is 5.85. The molecule has 1 aliphatic heterocycles. The molecule has 104 valence electrons. The molecule has 0 spiro atoms. The summed E-state index contributed by atoms with van der Waals surface area (Å²) in [5.74, 6) is 0.128. The number of hydrogen-bond acceptors (Lipinski definition) is 2. The van der Waals surface area contributed by atoms with Crippen LogP contribution in [0.1, 0.15) is 45.1 Å². The fraction of sp³-hybridized carbons (Fsp3) is 0.562. The fourth-order valence-electron chi connectivity index (χ4n) is 2.70. The van der Waals surface area contributed by atoms with E-state index in [0.717, 1.165) is 19.3 Å². The van der Waals surface area contributed by atoms with Gasteiger partial charge in [0, 0.05) is 0 Å². The Labute approximate surface area is 115 Å². The zero-order valence-corrected chi connectivity index (χ0v) is 11.9. The highest BCUT2D eigenvalue weighted by Crippen LogP contribution is 2.19. The van der Waals surface area contributed by atoms with E-state index in [0.29, 0.717) is 0 Å². The zero-order valence-electron chi connectivity index (χ0n) is 11.9. The molecular weight excluding hydrogens is 236 g/mol. The number of carbonyl (C=O) groups is 1. The second-order valence-electron chi connectivity index (χ2n) is 5.67. The van der Waals surface area contributed by atoms with Crippen LogP contribution >= 0.6 is 0 Å². The number of amides is 1. The molecule has 1 aliphatic rings. The summed E-state index contributed by atoms with van der Waals surface area (Å²) in [5.41, 5.74) is 0.971. The number of carbonyl (C=O) groups excluding carboxylic acids is 1. The van der Waals surface area contributed by atoms with E-state index in [1.807, 2.05) is 18.2 Å². The van der Waals surface area contributed by atoms with Crippen molar-refractivity contribution in [1.82, 2.24) is 10.6 Å². The van der Waals surface area contributed by atoms with Gasteiger partial charge in [-0.1, -0.05) is 50.1 Å². The molecule has 1 amide bonds. The average Bonchev–Trinajstić information content (AvgIpc) is 2.66. The van der Waals surface area contributed by atoms with Crippen molar-refractivity contribution >= 4 is 5.91 Å². The lowest BCUT2D eigenvalue weighted by Crippen LogP contribution is -2.47. The Bertz CT molecular complexity index is 418. The van der Waals surface area contributed by atoms with E-state index >= 15 is 0 Å². The summed E-state index contributed by atoms with van der Waals surface area (Å²) < 4.78 is 0. The molecule has 2 N–H and O–H groups in total. The molecule has 0 radical (unpaired) electrons. The summed E-state index contributed by atoms with van der Waals surface area (Å²) in [7, 11) is 0.